The molecule has 0 aromatic heterocycles. The largest absolute Gasteiger partial charge is 0.341 e. The molecule has 0 spiro atoms. The van der Waals surface area contributed by atoms with Crippen molar-refractivity contribution in [1.82, 2.24) is 10.2 Å². The zero-order chi connectivity index (χ0) is 11.6. The van der Waals surface area contributed by atoms with E-state index in [0.717, 1.165) is 0 Å². The van der Waals surface area contributed by atoms with Crippen molar-refractivity contribution in [3.05, 3.63) is 12.7 Å². The molecule has 1 aliphatic rings. The van der Waals surface area contributed by atoms with Gasteiger partial charge in [0.1, 0.15) is 6.04 Å². The molecule has 4 nitrogen and oxygen atoms in total. The smallest absolute Gasteiger partial charge is 0.245 e. The van der Waals surface area contributed by atoms with Crippen molar-refractivity contribution in [3.63, 3.8) is 0 Å². The van der Waals surface area contributed by atoms with E-state index in [4.69, 9.17) is 0 Å². The summed E-state index contributed by atoms with van der Waals surface area (Å²) in [6.07, 6.45) is 1.86. The summed E-state index contributed by atoms with van der Waals surface area (Å²) in [5.74, 6) is -0.290. The SMILES string of the molecule is C=CC(=O)NC1CCN(C(C)(C)C)C1=O. The standard InChI is InChI=1S/C11H18N2O2/c1-5-9(14)12-8-6-7-13(10(8)15)11(2,3)4/h5,8H,1,6-7H2,2-4H3,(H,12,14). The van der Waals surface area contributed by atoms with Crippen molar-refractivity contribution in [1.29, 1.82) is 0 Å². The van der Waals surface area contributed by atoms with Gasteiger partial charge in [0, 0.05) is 12.1 Å². The van der Waals surface area contributed by atoms with E-state index in [2.05, 4.69) is 11.9 Å². The molecule has 1 N–H and O–H groups in total. The predicted molar refractivity (Wildman–Crippen MR) is 58.2 cm³/mol. The number of likely N-dealkylation sites (tertiary alicyclic amines) is 1. The summed E-state index contributed by atoms with van der Waals surface area (Å²) in [6, 6.07) is -0.380. The second-order valence-corrected chi connectivity index (χ2v) is 4.71. The van der Waals surface area contributed by atoms with Crippen LogP contribution in [0.5, 0.6) is 0 Å². The molecule has 1 aliphatic heterocycles. The van der Waals surface area contributed by atoms with Gasteiger partial charge in [-0.3, -0.25) is 9.59 Å². The van der Waals surface area contributed by atoms with Crippen LogP contribution >= 0.6 is 0 Å². The van der Waals surface area contributed by atoms with Gasteiger partial charge < -0.3 is 10.2 Å². The van der Waals surface area contributed by atoms with Crippen LogP contribution in [0.15, 0.2) is 12.7 Å². The molecule has 4 heteroatoms. The highest BCUT2D eigenvalue weighted by atomic mass is 16.2. The van der Waals surface area contributed by atoms with E-state index in [-0.39, 0.29) is 23.4 Å². The zero-order valence-electron chi connectivity index (χ0n) is 9.54. The lowest BCUT2D eigenvalue weighted by Gasteiger charge is -2.31. The van der Waals surface area contributed by atoms with Crippen molar-refractivity contribution < 1.29 is 9.59 Å². The molecule has 0 aliphatic carbocycles. The topological polar surface area (TPSA) is 49.4 Å². The van der Waals surface area contributed by atoms with Crippen LogP contribution in [0.1, 0.15) is 27.2 Å². The number of carbonyl (C=O) groups excluding carboxylic acids is 2. The highest BCUT2D eigenvalue weighted by molar-refractivity contribution is 5.93. The van der Waals surface area contributed by atoms with Crippen LogP contribution in [0, 0.1) is 0 Å². The van der Waals surface area contributed by atoms with Crippen LogP contribution in [0.4, 0.5) is 0 Å². The molecular formula is C11H18N2O2. The Hall–Kier alpha value is -1.32. The number of hydrogen-bond donors (Lipinski definition) is 1. The minimum absolute atomic E-state index is 0.00213. The number of hydrogen-bond acceptors (Lipinski definition) is 2. The Morgan fingerprint density at radius 3 is 2.60 bits per heavy atom. The fraction of sp³-hybridized carbons (Fsp3) is 0.636. The first-order valence-corrected chi connectivity index (χ1v) is 5.10. The molecule has 15 heavy (non-hydrogen) atoms. The first-order chi connectivity index (χ1) is 6.86. The van der Waals surface area contributed by atoms with Crippen molar-refractivity contribution in [2.45, 2.75) is 38.8 Å². The summed E-state index contributed by atoms with van der Waals surface area (Å²) < 4.78 is 0. The third kappa shape index (κ3) is 2.58. The van der Waals surface area contributed by atoms with E-state index in [1.165, 1.54) is 6.08 Å². The maximum absolute atomic E-state index is 11.9. The Morgan fingerprint density at radius 2 is 2.20 bits per heavy atom. The average Bonchev–Trinajstić information content (AvgIpc) is 2.47. The van der Waals surface area contributed by atoms with Gasteiger partial charge >= 0.3 is 0 Å². The number of rotatable bonds is 2. The first kappa shape index (κ1) is 11.8. The Morgan fingerprint density at radius 1 is 1.60 bits per heavy atom. The molecule has 2 amide bonds. The molecule has 1 unspecified atom stereocenters. The highest BCUT2D eigenvalue weighted by Crippen LogP contribution is 2.21. The Labute approximate surface area is 90.3 Å². The lowest BCUT2D eigenvalue weighted by atomic mass is 10.1. The Kier molecular flexibility index (Phi) is 3.17. The average molecular weight is 210 g/mol. The van der Waals surface area contributed by atoms with Crippen LogP contribution < -0.4 is 5.32 Å². The first-order valence-electron chi connectivity index (χ1n) is 5.10. The minimum atomic E-state index is -0.380. The normalized spacial score (nSPS) is 21.7. The summed E-state index contributed by atoms with van der Waals surface area (Å²) in [5, 5.41) is 2.63. The van der Waals surface area contributed by atoms with Gasteiger partial charge in [0.05, 0.1) is 0 Å². The van der Waals surface area contributed by atoms with E-state index >= 15 is 0 Å². The van der Waals surface area contributed by atoms with Crippen LogP contribution in [0.2, 0.25) is 0 Å². The van der Waals surface area contributed by atoms with E-state index in [9.17, 15) is 9.59 Å². The molecule has 1 fully saturated rings. The van der Waals surface area contributed by atoms with Gasteiger partial charge in [0.15, 0.2) is 0 Å². The maximum Gasteiger partial charge on any atom is 0.245 e. The van der Waals surface area contributed by atoms with Gasteiger partial charge in [-0.1, -0.05) is 6.58 Å². The molecule has 1 rings (SSSR count). The molecule has 0 bridgehead atoms. The fourth-order valence-electron chi connectivity index (χ4n) is 1.71. The summed E-state index contributed by atoms with van der Waals surface area (Å²) in [4.78, 5) is 24.7. The minimum Gasteiger partial charge on any atom is -0.341 e. The molecular weight excluding hydrogens is 192 g/mol. The lowest BCUT2D eigenvalue weighted by Crippen LogP contribution is -2.47. The second kappa shape index (κ2) is 4.04. The van der Waals surface area contributed by atoms with Gasteiger partial charge in [-0.15, -0.1) is 0 Å². The molecule has 1 atom stereocenters. The summed E-state index contributed by atoms with van der Waals surface area (Å²) in [7, 11) is 0. The number of amides is 2. The van der Waals surface area contributed by atoms with Crippen molar-refractivity contribution in [3.8, 4) is 0 Å². The molecule has 1 saturated heterocycles. The van der Waals surface area contributed by atoms with Crippen molar-refractivity contribution >= 4 is 11.8 Å². The van der Waals surface area contributed by atoms with Crippen molar-refractivity contribution in [2.24, 2.45) is 0 Å². The summed E-state index contributed by atoms with van der Waals surface area (Å²) in [6.45, 7) is 10.0. The van der Waals surface area contributed by atoms with Crippen LogP contribution in [-0.4, -0.2) is 34.8 Å². The van der Waals surface area contributed by atoms with E-state index < -0.39 is 0 Å². The van der Waals surface area contributed by atoms with Crippen LogP contribution in [0.25, 0.3) is 0 Å². The number of carbonyl (C=O) groups is 2. The monoisotopic (exact) mass is 210 g/mol. The quantitative estimate of drug-likeness (QED) is 0.682. The third-order valence-corrected chi connectivity index (χ3v) is 2.52. The second-order valence-electron chi connectivity index (χ2n) is 4.71. The van der Waals surface area contributed by atoms with E-state index in [1.807, 2.05) is 20.8 Å². The van der Waals surface area contributed by atoms with Gasteiger partial charge in [-0.2, -0.15) is 0 Å². The molecule has 0 saturated carbocycles. The zero-order valence-corrected chi connectivity index (χ0v) is 9.54. The summed E-state index contributed by atoms with van der Waals surface area (Å²) in [5.41, 5.74) is -0.176. The third-order valence-electron chi connectivity index (χ3n) is 2.52. The Bertz CT molecular complexity index is 291. The molecule has 0 aromatic carbocycles. The maximum atomic E-state index is 11.9. The van der Waals surface area contributed by atoms with Gasteiger partial charge in [-0.05, 0) is 33.3 Å². The Balaban J connectivity index is 2.64. The molecule has 84 valence electrons. The van der Waals surface area contributed by atoms with E-state index in [0.29, 0.717) is 13.0 Å². The van der Waals surface area contributed by atoms with Crippen LogP contribution in [0.3, 0.4) is 0 Å². The summed E-state index contributed by atoms with van der Waals surface area (Å²) >= 11 is 0. The number of nitrogens with zero attached hydrogens (tertiary/aromatic N) is 1. The molecule has 0 radical (unpaired) electrons. The molecule has 1 heterocycles. The number of nitrogens with one attached hydrogen (secondary N) is 1. The van der Waals surface area contributed by atoms with Gasteiger partial charge in [0.2, 0.25) is 11.8 Å². The van der Waals surface area contributed by atoms with E-state index in [1.54, 1.807) is 4.90 Å². The van der Waals surface area contributed by atoms with Gasteiger partial charge in [-0.25, -0.2) is 0 Å². The lowest BCUT2D eigenvalue weighted by molar-refractivity contribution is -0.135. The fourth-order valence-corrected chi connectivity index (χ4v) is 1.71. The molecule has 0 aromatic rings. The van der Waals surface area contributed by atoms with Gasteiger partial charge in [0.25, 0.3) is 0 Å². The van der Waals surface area contributed by atoms with Crippen molar-refractivity contribution in [2.75, 3.05) is 6.54 Å². The predicted octanol–water partition coefficient (Wildman–Crippen LogP) is 0.688. The van der Waals surface area contributed by atoms with Crippen LogP contribution in [-0.2, 0) is 9.59 Å². The highest BCUT2D eigenvalue weighted by Gasteiger charge is 2.37.